The summed E-state index contributed by atoms with van der Waals surface area (Å²) in [7, 11) is 0. The van der Waals surface area contributed by atoms with Gasteiger partial charge in [-0.15, -0.1) is 0 Å². The lowest BCUT2D eigenvalue weighted by atomic mass is 10.0. The van der Waals surface area contributed by atoms with E-state index in [4.69, 9.17) is 13.9 Å². The van der Waals surface area contributed by atoms with Gasteiger partial charge < -0.3 is 19.2 Å². The monoisotopic (exact) mass is 504 g/mol. The fraction of sp³-hybridized carbons (Fsp3) is 0.318. The van der Waals surface area contributed by atoms with Crippen molar-refractivity contribution in [3.05, 3.63) is 62.0 Å². The molecule has 5 rings (SSSR count). The molecule has 150 valence electrons. The van der Waals surface area contributed by atoms with E-state index in [1.54, 1.807) is 6.07 Å². The summed E-state index contributed by atoms with van der Waals surface area (Å²) < 4.78 is 17.3. The lowest BCUT2D eigenvalue weighted by Gasteiger charge is -2.33. The van der Waals surface area contributed by atoms with Gasteiger partial charge in [0.25, 0.3) is 0 Å². The molecule has 7 heteroatoms. The number of likely N-dealkylation sites (tertiary alicyclic amines) is 1. The first-order valence-corrected chi connectivity index (χ1v) is 10.8. The van der Waals surface area contributed by atoms with Gasteiger partial charge in [0.2, 0.25) is 6.79 Å². The Morgan fingerprint density at radius 2 is 1.86 bits per heavy atom. The molecule has 1 saturated heterocycles. The Kier molecular flexibility index (Phi) is 5.09. The summed E-state index contributed by atoms with van der Waals surface area (Å²) in [5, 5.41) is 4.54. The molecule has 0 radical (unpaired) electrons. The molecule has 1 fully saturated rings. The molecule has 0 spiro atoms. The minimum atomic E-state index is -0.318. The Labute approximate surface area is 181 Å². The number of hydrogen-bond acceptors (Lipinski definition) is 6. The largest absolute Gasteiger partial charge is 0.454 e. The van der Waals surface area contributed by atoms with Gasteiger partial charge >= 0.3 is 5.63 Å². The predicted octanol–water partition coefficient (Wildman–Crippen LogP) is 4.20. The summed E-state index contributed by atoms with van der Waals surface area (Å²) in [6.45, 7) is 3.22. The lowest BCUT2D eigenvalue weighted by Crippen LogP contribution is -2.38. The second-order valence-corrected chi connectivity index (χ2v) is 8.75. The molecular formula is C22H21IN2O4. The second-order valence-electron chi connectivity index (χ2n) is 7.50. The van der Waals surface area contributed by atoms with Crippen molar-refractivity contribution < 1.29 is 13.9 Å². The molecule has 0 saturated carbocycles. The Morgan fingerprint density at radius 1 is 1.03 bits per heavy atom. The number of fused-ring (bicyclic) bond motifs is 2. The molecule has 1 N–H and O–H groups in total. The average molecular weight is 504 g/mol. The van der Waals surface area contributed by atoms with Crippen LogP contribution in [-0.4, -0.2) is 30.8 Å². The van der Waals surface area contributed by atoms with E-state index in [1.165, 1.54) is 5.56 Å². The minimum Gasteiger partial charge on any atom is -0.454 e. The maximum atomic E-state index is 11.9. The molecule has 2 aliphatic heterocycles. The maximum absolute atomic E-state index is 11.9. The van der Waals surface area contributed by atoms with Crippen molar-refractivity contribution in [2.24, 2.45) is 0 Å². The Balaban J connectivity index is 1.24. The summed E-state index contributed by atoms with van der Waals surface area (Å²) in [5.74, 6) is 1.66. The fourth-order valence-electron chi connectivity index (χ4n) is 4.01. The third kappa shape index (κ3) is 4.06. The van der Waals surface area contributed by atoms with Crippen LogP contribution in [0.3, 0.4) is 0 Å². The highest BCUT2D eigenvalue weighted by Gasteiger charge is 2.21. The first kappa shape index (κ1) is 18.7. The highest BCUT2D eigenvalue weighted by molar-refractivity contribution is 14.1. The van der Waals surface area contributed by atoms with Crippen LogP contribution in [0.1, 0.15) is 18.4 Å². The number of nitrogens with zero attached hydrogens (tertiary/aromatic N) is 1. The SMILES string of the molecule is O=c1cc(NC2CCN(Cc3ccc4c(c3)OCO4)CC2)c2cc(I)ccc2o1. The Morgan fingerprint density at radius 3 is 2.72 bits per heavy atom. The zero-order valence-corrected chi connectivity index (χ0v) is 18.0. The van der Waals surface area contributed by atoms with Crippen molar-refractivity contribution in [3.8, 4) is 11.5 Å². The summed E-state index contributed by atoms with van der Waals surface area (Å²) in [5.41, 5.74) is 2.41. The Bertz CT molecular complexity index is 1110. The molecule has 6 nitrogen and oxygen atoms in total. The van der Waals surface area contributed by atoms with Crippen LogP contribution in [0.5, 0.6) is 11.5 Å². The van der Waals surface area contributed by atoms with Crippen LogP contribution in [0, 0.1) is 3.57 Å². The van der Waals surface area contributed by atoms with E-state index >= 15 is 0 Å². The highest BCUT2D eigenvalue weighted by Crippen LogP contribution is 2.33. The lowest BCUT2D eigenvalue weighted by molar-refractivity contribution is 0.173. The van der Waals surface area contributed by atoms with Crippen molar-refractivity contribution in [3.63, 3.8) is 0 Å². The maximum Gasteiger partial charge on any atom is 0.338 e. The number of benzene rings is 2. The molecule has 0 aliphatic carbocycles. The zero-order chi connectivity index (χ0) is 19.8. The first-order chi connectivity index (χ1) is 14.1. The standard InChI is InChI=1S/C22H21IN2O4/c23-15-2-4-19-17(10-15)18(11-22(26)29-19)24-16-5-7-25(8-6-16)12-14-1-3-20-21(9-14)28-13-27-20/h1-4,9-11,16,24H,5-8,12-13H2. The van der Waals surface area contributed by atoms with E-state index in [9.17, 15) is 4.79 Å². The van der Waals surface area contributed by atoms with Gasteiger partial charge in [-0.2, -0.15) is 0 Å². The molecule has 29 heavy (non-hydrogen) atoms. The number of halogens is 1. The molecule has 0 unspecified atom stereocenters. The van der Waals surface area contributed by atoms with Crippen molar-refractivity contribution in [1.82, 2.24) is 4.90 Å². The topological polar surface area (TPSA) is 63.9 Å². The van der Waals surface area contributed by atoms with Gasteiger partial charge in [0.1, 0.15) is 5.58 Å². The number of rotatable bonds is 4. The van der Waals surface area contributed by atoms with Crippen molar-refractivity contribution in [1.29, 1.82) is 0 Å². The number of piperidine rings is 1. The fourth-order valence-corrected chi connectivity index (χ4v) is 4.50. The first-order valence-electron chi connectivity index (χ1n) is 9.75. The summed E-state index contributed by atoms with van der Waals surface area (Å²) in [6, 6.07) is 13.9. The molecule has 0 bridgehead atoms. The van der Waals surface area contributed by atoms with Gasteiger partial charge in [-0.25, -0.2) is 4.79 Å². The third-order valence-electron chi connectivity index (χ3n) is 5.49. The van der Waals surface area contributed by atoms with Crippen LogP contribution in [0.4, 0.5) is 5.69 Å². The van der Waals surface area contributed by atoms with Crippen molar-refractivity contribution in [2.75, 3.05) is 25.2 Å². The van der Waals surface area contributed by atoms with Gasteiger partial charge in [0.15, 0.2) is 11.5 Å². The van der Waals surface area contributed by atoms with E-state index < -0.39 is 0 Å². The molecule has 2 aromatic carbocycles. The minimum absolute atomic E-state index is 0.307. The number of ether oxygens (including phenoxy) is 2. The zero-order valence-electron chi connectivity index (χ0n) is 15.8. The summed E-state index contributed by atoms with van der Waals surface area (Å²) in [4.78, 5) is 14.4. The normalized spacial score (nSPS) is 17.0. The van der Waals surface area contributed by atoms with Crippen LogP contribution in [0.15, 0.2) is 51.7 Å². The predicted molar refractivity (Wildman–Crippen MR) is 120 cm³/mol. The van der Waals surface area contributed by atoms with Gasteiger partial charge in [-0.3, -0.25) is 4.90 Å². The molecule has 0 amide bonds. The van der Waals surface area contributed by atoms with E-state index in [0.29, 0.717) is 18.4 Å². The number of nitrogens with one attached hydrogen (secondary N) is 1. The molecular weight excluding hydrogens is 483 g/mol. The van der Waals surface area contributed by atoms with Gasteiger partial charge in [0, 0.05) is 40.7 Å². The third-order valence-corrected chi connectivity index (χ3v) is 6.17. The van der Waals surface area contributed by atoms with Gasteiger partial charge in [-0.05, 0) is 71.3 Å². The highest BCUT2D eigenvalue weighted by atomic mass is 127. The summed E-state index contributed by atoms with van der Waals surface area (Å²) >= 11 is 2.28. The van der Waals surface area contributed by atoms with Gasteiger partial charge in [0.05, 0.1) is 5.69 Å². The molecule has 2 aliphatic rings. The molecule has 3 aromatic rings. The second kappa shape index (κ2) is 7.87. The average Bonchev–Trinajstić information content (AvgIpc) is 3.18. The van der Waals surface area contributed by atoms with Crippen LogP contribution in [0.25, 0.3) is 11.0 Å². The van der Waals surface area contributed by atoms with Crippen molar-refractivity contribution >= 4 is 39.2 Å². The van der Waals surface area contributed by atoms with Crippen LogP contribution < -0.4 is 20.4 Å². The van der Waals surface area contributed by atoms with E-state index in [2.05, 4.69) is 51.0 Å². The van der Waals surface area contributed by atoms with Crippen LogP contribution >= 0.6 is 22.6 Å². The number of hydrogen-bond donors (Lipinski definition) is 1. The van der Waals surface area contributed by atoms with E-state index in [1.807, 2.05) is 18.2 Å². The van der Waals surface area contributed by atoms with Crippen LogP contribution in [0.2, 0.25) is 0 Å². The Hall–Kier alpha value is -2.26. The quantitative estimate of drug-likeness (QED) is 0.425. The summed E-state index contributed by atoms with van der Waals surface area (Å²) in [6.07, 6.45) is 2.05. The molecule has 1 aromatic heterocycles. The van der Waals surface area contributed by atoms with Crippen LogP contribution in [-0.2, 0) is 6.54 Å². The number of anilines is 1. The van der Waals surface area contributed by atoms with E-state index in [0.717, 1.165) is 58.6 Å². The smallest absolute Gasteiger partial charge is 0.338 e. The van der Waals surface area contributed by atoms with E-state index in [-0.39, 0.29) is 5.63 Å². The molecule has 3 heterocycles. The molecule has 0 atom stereocenters. The van der Waals surface area contributed by atoms with Gasteiger partial charge in [-0.1, -0.05) is 6.07 Å². The van der Waals surface area contributed by atoms with Crippen molar-refractivity contribution in [2.45, 2.75) is 25.4 Å².